The molecule has 0 saturated carbocycles. The molecule has 0 spiro atoms. The average Bonchev–Trinajstić information content (AvgIpc) is 2.46. The van der Waals surface area contributed by atoms with Gasteiger partial charge < -0.3 is 10.1 Å². The lowest BCUT2D eigenvalue weighted by Gasteiger charge is -2.10. The van der Waals surface area contributed by atoms with Gasteiger partial charge in [0.15, 0.2) is 0 Å². The lowest BCUT2D eigenvalue weighted by molar-refractivity contribution is 0.102. The summed E-state index contributed by atoms with van der Waals surface area (Å²) in [6.45, 7) is 2.64. The summed E-state index contributed by atoms with van der Waals surface area (Å²) in [5.41, 5.74) is 1.21. The van der Waals surface area contributed by atoms with Crippen molar-refractivity contribution in [3.63, 3.8) is 0 Å². The van der Waals surface area contributed by atoms with E-state index in [0.29, 0.717) is 28.6 Å². The number of benzene rings is 2. The highest BCUT2D eigenvalue weighted by Gasteiger charge is 2.08. The first-order chi connectivity index (χ1) is 10.1. The second-order valence-corrected chi connectivity index (χ2v) is 5.78. The van der Waals surface area contributed by atoms with Gasteiger partial charge in [-0.1, -0.05) is 40.5 Å². The zero-order valence-corrected chi connectivity index (χ0v) is 13.9. The van der Waals surface area contributed by atoms with Gasteiger partial charge >= 0.3 is 0 Å². The number of nitrogens with one attached hydrogen (secondary N) is 1. The Morgan fingerprint density at radius 3 is 2.76 bits per heavy atom. The molecular formula is C16H15BrClNO2. The largest absolute Gasteiger partial charge is 0.492 e. The number of ether oxygens (including phenoxy) is 1. The molecule has 0 aliphatic heterocycles. The number of hydrogen-bond acceptors (Lipinski definition) is 2. The fourth-order valence-corrected chi connectivity index (χ4v) is 2.37. The number of rotatable bonds is 5. The molecule has 1 amide bonds. The predicted octanol–water partition coefficient (Wildman–Crippen LogP) is 5.14. The summed E-state index contributed by atoms with van der Waals surface area (Å²) in [5.74, 6) is 0.438. The van der Waals surface area contributed by atoms with E-state index in [4.69, 9.17) is 16.3 Å². The number of anilines is 1. The fourth-order valence-electron chi connectivity index (χ4n) is 1.74. The third-order valence-electron chi connectivity index (χ3n) is 2.74. The Morgan fingerprint density at radius 1 is 1.29 bits per heavy atom. The molecule has 1 N–H and O–H groups in total. The summed E-state index contributed by atoms with van der Waals surface area (Å²) in [6.07, 6.45) is 0.914. The maximum atomic E-state index is 12.1. The smallest absolute Gasteiger partial charge is 0.255 e. The summed E-state index contributed by atoms with van der Waals surface area (Å²) in [5, 5.41) is 3.29. The Bertz CT molecular complexity index is 646. The second-order valence-electron chi connectivity index (χ2n) is 4.46. The van der Waals surface area contributed by atoms with Crippen LogP contribution in [0.25, 0.3) is 0 Å². The van der Waals surface area contributed by atoms with Gasteiger partial charge in [-0.3, -0.25) is 4.79 Å². The second kappa shape index (κ2) is 7.48. The molecule has 0 heterocycles. The van der Waals surface area contributed by atoms with Crippen molar-refractivity contribution in [2.45, 2.75) is 13.3 Å². The Balaban J connectivity index is 2.09. The van der Waals surface area contributed by atoms with E-state index in [1.54, 1.807) is 30.3 Å². The van der Waals surface area contributed by atoms with Crippen molar-refractivity contribution in [3.8, 4) is 5.75 Å². The summed E-state index contributed by atoms with van der Waals surface area (Å²) < 4.78 is 6.35. The van der Waals surface area contributed by atoms with E-state index in [0.717, 1.165) is 10.9 Å². The molecule has 3 nitrogen and oxygen atoms in total. The maximum absolute atomic E-state index is 12.1. The van der Waals surface area contributed by atoms with Crippen LogP contribution in [0.4, 0.5) is 5.69 Å². The van der Waals surface area contributed by atoms with Crippen LogP contribution in [0.1, 0.15) is 23.7 Å². The minimum absolute atomic E-state index is 0.186. The summed E-state index contributed by atoms with van der Waals surface area (Å²) in [6, 6.07) is 12.4. The van der Waals surface area contributed by atoms with E-state index >= 15 is 0 Å². The molecule has 2 aromatic carbocycles. The first-order valence-electron chi connectivity index (χ1n) is 6.59. The zero-order chi connectivity index (χ0) is 15.2. The van der Waals surface area contributed by atoms with Crippen molar-refractivity contribution in [2.75, 3.05) is 11.9 Å². The molecule has 0 fully saturated rings. The molecule has 2 rings (SSSR count). The van der Waals surface area contributed by atoms with Gasteiger partial charge in [0.05, 0.1) is 11.6 Å². The molecule has 0 saturated heterocycles. The van der Waals surface area contributed by atoms with E-state index < -0.39 is 0 Å². The van der Waals surface area contributed by atoms with Crippen molar-refractivity contribution in [1.29, 1.82) is 0 Å². The standard InChI is InChI=1S/C16H15BrClNO2/c1-2-8-21-15-7-6-13(10-14(15)18)19-16(20)11-4-3-5-12(17)9-11/h3-7,9-10H,2,8H2,1H3,(H,19,20). The topological polar surface area (TPSA) is 38.3 Å². The van der Waals surface area contributed by atoms with Crippen LogP contribution >= 0.6 is 27.5 Å². The molecule has 0 aliphatic carbocycles. The van der Waals surface area contributed by atoms with Crippen LogP contribution in [0.5, 0.6) is 5.75 Å². The van der Waals surface area contributed by atoms with Crippen LogP contribution in [-0.2, 0) is 0 Å². The van der Waals surface area contributed by atoms with Gasteiger partial charge in [0, 0.05) is 15.7 Å². The maximum Gasteiger partial charge on any atom is 0.255 e. The highest BCUT2D eigenvalue weighted by Crippen LogP contribution is 2.28. The first-order valence-corrected chi connectivity index (χ1v) is 7.76. The van der Waals surface area contributed by atoms with Crippen molar-refractivity contribution in [1.82, 2.24) is 0 Å². The molecular weight excluding hydrogens is 354 g/mol. The molecule has 0 atom stereocenters. The third kappa shape index (κ3) is 4.48. The SMILES string of the molecule is CCCOc1ccc(NC(=O)c2cccc(Br)c2)cc1Cl. The first kappa shape index (κ1) is 15.9. The Hall–Kier alpha value is -1.52. The minimum Gasteiger partial charge on any atom is -0.492 e. The van der Waals surface area contributed by atoms with Crippen LogP contribution in [-0.4, -0.2) is 12.5 Å². The zero-order valence-electron chi connectivity index (χ0n) is 11.5. The Labute approximate surface area is 137 Å². The van der Waals surface area contributed by atoms with Gasteiger partial charge in [0.2, 0.25) is 0 Å². The van der Waals surface area contributed by atoms with Gasteiger partial charge in [-0.2, -0.15) is 0 Å². The average molecular weight is 369 g/mol. The van der Waals surface area contributed by atoms with E-state index in [9.17, 15) is 4.79 Å². The minimum atomic E-state index is -0.186. The highest BCUT2D eigenvalue weighted by molar-refractivity contribution is 9.10. The normalized spacial score (nSPS) is 10.2. The molecule has 0 unspecified atom stereocenters. The van der Waals surface area contributed by atoms with Gasteiger partial charge in [-0.05, 0) is 42.8 Å². The van der Waals surface area contributed by atoms with Crippen molar-refractivity contribution in [2.24, 2.45) is 0 Å². The molecule has 0 aromatic heterocycles. The Kier molecular flexibility index (Phi) is 5.65. The van der Waals surface area contributed by atoms with Crippen LogP contribution in [0.3, 0.4) is 0 Å². The number of amides is 1. The van der Waals surface area contributed by atoms with Gasteiger partial charge in [0.1, 0.15) is 5.75 Å². The number of carbonyl (C=O) groups excluding carboxylic acids is 1. The number of hydrogen-bond donors (Lipinski definition) is 1. The molecule has 0 bridgehead atoms. The van der Waals surface area contributed by atoms with E-state index in [2.05, 4.69) is 21.2 Å². The van der Waals surface area contributed by atoms with Crippen LogP contribution < -0.4 is 10.1 Å². The van der Waals surface area contributed by atoms with Gasteiger partial charge in [-0.15, -0.1) is 0 Å². The monoisotopic (exact) mass is 367 g/mol. The lowest BCUT2D eigenvalue weighted by Crippen LogP contribution is -2.11. The number of carbonyl (C=O) groups is 1. The van der Waals surface area contributed by atoms with Crippen LogP contribution in [0.2, 0.25) is 5.02 Å². The molecule has 110 valence electrons. The number of halogens is 2. The van der Waals surface area contributed by atoms with Crippen LogP contribution in [0.15, 0.2) is 46.9 Å². The van der Waals surface area contributed by atoms with Crippen molar-refractivity contribution < 1.29 is 9.53 Å². The van der Waals surface area contributed by atoms with E-state index in [-0.39, 0.29) is 5.91 Å². The fraction of sp³-hybridized carbons (Fsp3) is 0.188. The highest BCUT2D eigenvalue weighted by atomic mass is 79.9. The van der Waals surface area contributed by atoms with Crippen LogP contribution in [0, 0.1) is 0 Å². The van der Waals surface area contributed by atoms with E-state index in [1.807, 2.05) is 19.1 Å². The summed E-state index contributed by atoms with van der Waals surface area (Å²) in [7, 11) is 0. The molecule has 5 heteroatoms. The van der Waals surface area contributed by atoms with Crippen molar-refractivity contribution >= 4 is 39.1 Å². The van der Waals surface area contributed by atoms with E-state index in [1.165, 1.54) is 0 Å². The summed E-state index contributed by atoms with van der Waals surface area (Å²) in [4.78, 5) is 12.1. The van der Waals surface area contributed by atoms with Crippen molar-refractivity contribution in [3.05, 3.63) is 57.5 Å². The Morgan fingerprint density at radius 2 is 2.10 bits per heavy atom. The summed E-state index contributed by atoms with van der Waals surface area (Å²) >= 11 is 9.48. The molecule has 2 aromatic rings. The van der Waals surface area contributed by atoms with Gasteiger partial charge in [-0.25, -0.2) is 0 Å². The lowest BCUT2D eigenvalue weighted by atomic mass is 10.2. The third-order valence-corrected chi connectivity index (χ3v) is 3.53. The molecule has 21 heavy (non-hydrogen) atoms. The van der Waals surface area contributed by atoms with Gasteiger partial charge in [0.25, 0.3) is 5.91 Å². The molecule has 0 radical (unpaired) electrons. The molecule has 0 aliphatic rings. The predicted molar refractivity (Wildman–Crippen MR) is 89.3 cm³/mol. The quantitative estimate of drug-likeness (QED) is 0.793.